The Morgan fingerprint density at radius 1 is 0.132 bits per heavy atom. The van der Waals surface area contributed by atoms with Gasteiger partial charge in [0.05, 0.1) is 0 Å². The fraction of sp³-hybridized carbons (Fsp3) is 0. The summed E-state index contributed by atoms with van der Waals surface area (Å²) in [6.07, 6.45) is 0. The van der Waals surface area contributed by atoms with Gasteiger partial charge in [-0.15, -0.1) is 0 Å². The maximum absolute atomic E-state index is 13.0. The molecule has 0 spiro atoms. The molecule has 121 heavy (non-hydrogen) atoms. The minimum Gasteiger partial charge on any atom is -0.356 e. The lowest BCUT2D eigenvalue weighted by Crippen LogP contribution is -1.91. The van der Waals surface area contributed by atoms with Crippen LogP contribution in [0, 0.1) is 5.82 Å². The molecule has 0 radical (unpaired) electrons. The highest BCUT2D eigenvalue weighted by molar-refractivity contribution is 6.14. The molecule has 0 aromatic heterocycles. The summed E-state index contributed by atoms with van der Waals surface area (Å²) in [5, 5.41) is 34.5. The first-order valence-corrected chi connectivity index (χ1v) is 41.1. The number of nitrogens with one attached hydrogen (secondary N) is 4. The molecule has 22 rings (SSSR count). The highest BCUT2D eigenvalue weighted by Crippen LogP contribution is 2.39. The van der Waals surface area contributed by atoms with Gasteiger partial charge in [0.2, 0.25) is 0 Å². The first-order valence-electron chi connectivity index (χ1n) is 41.1. The van der Waals surface area contributed by atoms with Crippen LogP contribution in [0.5, 0.6) is 0 Å². The largest absolute Gasteiger partial charge is 0.356 e. The third kappa shape index (κ3) is 17.2. The number of fused-ring (bicyclic) bond motifs is 11. The number of rotatable bonds is 14. The van der Waals surface area contributed by atoms with Crippen molar-refractivity contribution in [2.75, 3.05) is 21.3 Å². The fourth-order valence-corrected chi connectivity index (χ4v) is 16.4. The van der Waals surface area contributed by atoms with Gasteiger partial charge in [0, 0.05) is 50.9 Å². The molecule has 0 aliphatic carbocycles. The van der Waals surface area contributed by atoms with Crippen LogP contribution in [-0.2, 0) is 0 Å². The van der Waals surface area contributed by atoms with E-state index in [-0.39, 0.29) is 5.82 Å². The van der Waals surface area contributed by atoms with Gasteiger partial charge >= 0.3 is 0 Å². The molecular weight excluding hydrogens is 1470 g/mol. The van der Waals surface area contributed by atoms with Gasteiger partial charge in [0.15, 0.2) is 0 Å². The van der Waals surface area contributed by atoms with Crippen molar-refractivity contribution in [2.45, 2.75) is 0 Å². The second-order valence-electron chi connectivity index (χ2n) is 30.4. The molecule has 0 aliphatic rings. The summed E-state index contributed by atoms with van der Waals surface area (Å²) in [6.45, 7) is 0. The number of halogens is 1. The van der Waals surface area contributed by atoms with E-state index in [0.717, 1.165) is 56.6 Å². The third-order valence-corrected chi connectivity index (χ3v) is 22.6. The molecule has 0 bridgehead atoms. The van der Waals surface area contributed by atoms with Gasteiger partial charge in [-0.3, -0.25) is 0 Å². The zero-order valence-electron chi connectivity index (χ0n) is 66.5. The summed E-state index contributed by atoms with van der Waals surface area (Å²) in [4.78, 5) is 0. The first kappa shape index (κ1) is 75.1. The molecule has 0 aliphatic heterocycles. The smallest absolute Gasteiger partial charge is 0.123 e. The van der Waals surface area contributed by atoms with E-state index in [0.29, 0.717) is 0 Å². The fourth-order valence-electron chi connectivity index (χ4n) is 16.4. The van der Waals surface area contributed by atoms with Crippen LogP contribution in [0.15, 0.2) is 479 Å². The molecule has 0 atom stereocenters. The molecule has 0 heterocycles. The second kappa shape index (κ2) is 34.9. The molecule has 22 aromatic carbocycles. The predicted octanol–water partition coefficient (Wildman–Crippen LogP) is 33.1. The average Bonchev–Trinajstić information content (AvgIpc) is 0.769. The van der Waals surface area contributed by atoms with Gasteiger partial charge in [-0.05, 0) is 269 Å². The van der Waals surface area contributed by atoms with E-state index >= 15 is 0 Å². The molecule has 5 heteroatoms. The van der Waals surface area contributed by atoms with E-state index in [4.69, 9.17) is 0 Å². The van der Waals surface area contributed by atoms with Crippen LogP contribution in [0.2, 0.25) is 0 Å². The molecule has 4 N–H and O–H groups in total. The van der Waals surface area contributed by atoms with E-state index in [1.54, 1.807) is 12.1 Å². The van der Waals surface area contributed by atoms with Crippen LogP contribution in [0.3, 0.4) is 0 Å². The normalized spacial score (nSPS) is 11.0. The van der Waals surface area contributed by atoms with Gasteiger partial charge in [0.25, 0.3) is 0 Å². The van der Waals surface area contributed by atoms with Gasteiger partial charge in [-0.2, -0.15) is 0 Å². The minimum absolute atomic E-state index is 0.214. The summed E-state index contributed by atoms with van der Waals surface area (Å²) in [7, 11) is 0. The molecule has 0 amide bonds. The number of benzene rings is 22. The van der Waals surface area contributed by atoms with Crippen LogP contribution in [0.4, 0.5) is 49.9 Å². The van der Waals surface area contributed by atoms with Crippen LogP contribution in [0.25, 0.3) is 153 Å². The molecule has 0 fully saturated rings. The molecule has 22 aromatic rings. The SMILES string of the molecule is Fc1ccc(-c2ccc(Nc3ccc4ccccc4c3)cc2)cc1.c1ccc(-c2cccc(-c3ccc(Nc4ccc(-c5cccc(-c6ccccc6)c5)cc4)cc3)c2)cc1.c1ccc2c(Nc3ccc(-c4cc5ccccc5c5ccccc45)cc3)cccc2c1.c1ccc2c(c1)ccc1cc(Nc3ccc4c(ccc5ccccc54)c3)ccc12. The van der Waals surface area contributed by atoms with Crippen molar-refractivity contribution in [1.29, 1.82) is 0 Å². The highest BCUT2D eigenvalue weighted by Gasteiger charge is 2.13. The van der Waals surface area contributed by atoms with Crippen LogP contribution >= 0.6 is 0 Å². The second-order valence-corrected chi connectivity index (χ2v) is 30.4. The predicted molar refractivity (Wildman–Crippen MR) is 517 cm³/mol. The maximum atomic E-state index is 13.0. The Labute approximate surface area is 704 Å². The van der Waals surface area contributed by atoms with Crippen molar-refractivity contribution >= 4 is 132 Å². The first-order chi connectivity index (χ1) is 59.8. The lowest BCUT2D eigenvalue weighted by atomic mass is 9.93. The Kier molecular flexibility index (Phi) is 21.6. The Bertz CT molecular complexity index is 7170. The molecule has 0 unspecified atom stereocenters. The molecule has 0 saturated heterocycles. The summed E-state index contributed by atoms with van der Waals surface area (Å²) >= 11 is 0. The summed E-state index contributed by atoms with van der Waals surface area (Å²) in [5.41, 5.74) is 23.0. The van der Waals surface area contributed by atoms with Crippen molar-refractivity contribution in [1.82, 2.24) is 0 Å². The number of hydrogen-bond acceptors (Lipinski definition) is 4. The Morgan fingerprint density at radius 3 is 0.901 bits per heavy atom. The van der Waals surface area contributed by atoms with Crippen LogP contribution < -0.4 is 21.3 Å². The van der Waals surface area contributed by atoms with Crippen molar-refractivity contribution in [3.8, 4) is 66.8 Å². The Balaban J connectivity index is 0.000000108. The molecule has 4 nitrogen and oxygen atoms in total. The Hall–Kier alpha value is -16.0. The van der Waals surface area contributed by atoms with Gasteiger partial charge in [0.1, 0.15) is 5.82 Å². The lowest BCUT2D eigenvalue weighted by Gasteiger charge is -2.13. The van der Waals surface area contributed by atoms with Crippen molar-refractivity contribution in [2.24, 2.45) is 0 Å². The van der Waals surface area contributed by atoms with E-state index in [2.05, 4.69) is 440 Å². The zero-order chi connectivity index (χ0) is 81.1. The topological polar surface area (TPSA) is 48.1 Å². The van der Waals surface area contributed by atoms with Crippen molar-refractivity contribution in [3.63, 3.8) is 0 Å². The summed E-state index contributed by atoms with van der Waals surface area (Å²) in [6, 6.07) is 167. The third-order valence-electron chi connectivity index (χ3n) is 22.6. The maximum Gasteiger partial charge on any atom is 0.123 e. The number of hydrogen-bond donors (Lipinski definition) is 4. The van der Waals surface area contributed by atoms with E-state index < -0.39 is 0 Å². The zero-order valence-corrected chi connectivity index (χ0v) is 66.5. The Morgan fingerprint density at radius 2 is 0.405 bits per heavy atom. The van der Waals surface area contributed by atoms with E-state index in [1.165, 1.54) is 154 Å². The molecular formula is C116H83FN4. The van der Waals surface area contributed by atoms with Crippen molar-refractivity contribution in [3.05, 3.63) is 485 Å². The van der Waals surface area contributed by atoms with E-state index in [9.17, 15) is 4.39 Å². The summed E-state index contributed by atoms with van der Waals surface area (Å²) in [5.74, 6) is -0.214. The average molecular weight is 1550 g/mol. The molecule has 574 valence electrons. The van der Waals surface area contributed by atoms with Gasteiger partial charge in [-0.1, -0.05) is 358 Å². The number of anilines is 8. The van der Waals surface area contributed by atoms with Gasteiger partial charge in [-0.25, -0.2) is 4.39 Å². The highest BCUT2D eigenvalue weighted by atomic mass is 19.1. The minimum atomic E-state index is -0.214. The van der Waals surface area contributed by atoms with Crippen molar-refractivity contribution < 1.29 is 4.39 Å². The quantitative estimate of drug-likeness (QED) is 0.0820. The van der Waals surface area contributed by atoms with Gasteiger partial charge < -0.3 is 21.3 Å². The lowest BCUT2D eigenvalue weighted by molar-refractivity contribution is 0.628. The van der Waals surface area contributed by atoms with Crippen LogP contribution in [-0.4, -0.2) is 0 Å². The van der Waals surface area contributed by atoms with E-state index in [1.807, 2.05) is 36.4 Å². The van der Waals surface area contributed by atoms with Crippen LogP contribution in [0.1, 0.15) is 0 Å². The monoisotopic (exact) mass is 1550 g/mol. The standard InChI is InChI=1S/C36H27N.C30H21N.C28H19N.C22H16FN/c1-3-9-27(10-4-1)31-13-7-15-33(25-31)29-17-21-35(22-18-29)37-36-23-19-30(20-24-36)34-16-8-14-32(26-34)28-11-5-2-6-12-28;1-4-12-26-21(8-1)10-7-15-30(26)31-24-18-16-22(17-19-24)29-20-23-9-2-3-11-25(23)27-13-5-6-14-28(27)29;1-3-7-25-19(5-1)9-11-21-17-23(13-15-27(21)25)29-24-14-16-28-22(18-24)12-10-20-6-2-4-8-26(20)28;23-20-10-5-17(6-11-20)18-7-12-21(13-8-18)24-22-14-9-16-3-1-2-4-19(16)15-22/h1-26,37H;1-20,31H;1-18,29H;1-15,24H. The molecule has 0 saturated carbocycles. The summed E-state index contributed by atoms with van der Waals surface area (Å²) < 4.78 is 13.0.